The minimum Gasteiger partial charge on any atom is -0.398 e. The maximum Gasteiger partial charge on any atom is 0.219 e. The van der Waals surface area contributed by atoms with E-state index in [0.717, 1.165) is 61.0 Å². The number of piperazine rings is 1. The fourth-order valence-corrected chi connectivity index (χ4v) is 3.99. The van der Waals surface area contributed by atoms with Crippen LogP contribution in [-0.2, 0) is 11.3 Å². The van der Waals surface area contributed by atoms with Gasteiger partial charge in [0.05, 0.1) is 11.4 Å². The van der Waals surface area contributed by atoms with Gasteiger partial charge in [-0.3, -0.25) is 9.69 Å². The van der Waals surface area contributed by atoms with E-state index in [1.54, 1.807) is 6.92 Å². The van der Waals surface area contributed by atoms with Crippen LogP contribution >= 0.6 is 0 Å². The van der Waals surface area contributed by atoms with Crippen molar-refractivity contribution in [2.75, 3.05) is 31.9 Å². The van der Waals surface area contributed by atoms with Crippen LogP contribution in [0.3, 0.4) is 0 Å². The van der Waals surface area contributed by atoms with Gasteiger partial charge < -0.3 is 15.0 Å². The summed E-state index contributed by atoms with van der Waals surface area (Å²) in [6, 6.07) is 10.4. The first kappa shape index (κ1) is 18.5. The minimum absolute atomic E-state index is 0.151. The number of amides is 1. The first-order valence-corrected chi connectivity index (χ1v) is 9.74. The molecule has 0 atom stereocenters. The standard InChI is InChI=1S/C22H27N5O/c1-15-4-6-19(16(2)12-15)22-20(27-13-18(23)5-7-21(27)24-22)14-25-8-10-26(11-9-25)17(3)28/h4-7,12-13H,8-11,14,23H2,1-3H3. The molecule has 0 saturated carbocycles. The Bertz CT molecular complexity index is 1030. The number of rotatable bonds is 3. The van der Waals surface area contributed by atoms with E-state index in [4.69, 9.17) is 10.7 Å². The number of carbonyl (C=O) groups excluding carboxylic acids is 1. The molecule has 1 aromatic carbocycles. The molecule has 2 N–H and O–H groups in total. The van der Waals surface area contributed by atoms with E-state index in [9.17, 15) is 4.79 Å². The van der Waals surface area contributed by atoms with E-state index in [0.29, 0.717) is 0 Å². The summed E-state index contributed by atoms with van der Waals surface area (Å²) in [5.74, 6) is 0.151. The van der Waals surface area contributed by atoms with Crippen molar-refractivity contribution in [3.8, 4) is 11.3 Å². The van der Waals surface area contributed by atoms with E-state index >= 15 is 0 Å². The normalized spacial score (nSPS) is 15.3. The van der Waals surface area contributed by atoms with Gasteiger partial charge in [0.25, 0.3) is 0 Å². The van der Waals surface area contributed by atoms with Crippen molar-refractivity contribution in [3.63, 3.8) is 0 Å². The molecule has 1 amide bonds. The molecule has 1 aliphatic heterocycles. The van der Waals surface area contributed by atoms with E-state index in [-0.39, 0.29) is 5.91 Å². The van der Waals surface area contributed by atoms with Gasteiger partial charge in [-0.05, 0) is 31.5 Å². The molecule has 0 spiro atoms. The molecule has 2 aromatic heterocycles. The zero-order valence-corrected chi connectivity index (χ0v) is 16.8. The largest absolute Gasteiger partial charge is 0.398 e. The smallest absolute Gasteiger partial charge is 0.219 e. The highest BCUT2D eigenvalue weighted by atomic mass is 16.2. The van der Waals surface area contributed by atoms with E-state index in [1.165, 1.54) is 11.1 Å². The first-order chi connectivity index (χ1) is 13.4. The van der Waals surface area contributed by atoms with Crippen LogP contribution in [0.1, 0.15) is 23.7 Å². The third-order valence-corrected chi connectivity index (χ3v) is 5.57. The molecule has 28 heavy (non-hydrogen) atoms. The number of fused-ring (bicyclic) bond motifs is 1. The Morgan fingerprint density at radius 3 is 2.54 bits per heavy atom. The average molecular weight is 377 g/mol. The van der Waals surface area contributed by atoms with Crippen molar-refractivity contribution in [3.05, 3.63) is 53.3 Å². The Morgan fingerprint density at radius 1 is 1.11 bits per heavy atom. The molecule has 3 aromatic rings. The zero-order valence-electron chi connectivity index (χ0n) is 16.8. The SMILES string of the molecule is CC(=O)N1CCN(Cc2c(-c3ccc(C)cc3C)nc3ccc(N)cn23)CC1. The van der Waals surface area contributed by atoms with Gasteiger partial charge in [0.1, 0.15) is 5.65 Å². The maximum absolute atomic E-state index is 11.6. The molecule has 1 saturated heterocycles. The third-order valence-electron chi connectivity index (χ3n) is 5.57. The van der Waals surface area contributed by atoms with Crippen LogP contribution in [0.15, 0.2) is 36.5 Å². The number of anilines is 1. The average Bonchev–Trinajstić information content (AvgIpc) is 3.00. The number of imidazole rings is 1. The quantitative estimate of drug-likeness (QED) is 0.762. The molecule has 6 heteroatoms. The summed E-state index contributed by atoms with van der Waals surface area (Å²) in [5, 5.41) is 0. The maximum atomic E-state index is 11.6. The van der Waals surface area contributed by atoms with Gasteiger partial charge >= 0.3 is 0 Å². The van der Waals surface area contributed by atoms with E-state index < -0.39 is 0 Å². The molecule has 0 bridgehead atoms. The summed E-state index contributed by atoms with van der Waals surface area (Å²) in [6.07, 6.45) is 1.95. The number of nitrogens with two attached hydrogens (primary N) is 1. The van der Waals surface area contributed by atoms with Crippen molar-refractivity contribution in [2.45, 2.75) is 27.3 Å². The summed E-state index contributed by atoms with van der Waals surface area (Å²) in [7, 11) is 0. The number of nitrogens with zero attached hydrogens (tertiary/aromatic N) is 4. The topological polar surface area (TPSA) is 66.9 Å². The number of aromatic nitrogens is 2. The van der Waals surface area contributed by atoms with Crippen LogP contribution in [0.25, 0.3) is 16.9 Å². The Hall–Kier alpha value is -2.86. The van der Waals surface area contributed by atoms with Gasteiger partial charge in [-0.15, -0.1) is 0 Å². The lowest BCUT2D eigenvalue weighted by molar-refractivity contribution is -0.130. The van der Waals surface area contributed by atoms with Crippen LogP contribution in [0, 0.1) is 13.8 Å². The van der Waals surface area contributed by atoms with Crippen molar-refractivity contribution in [2.24, 2.45) is 0 Å². The lowest BCUT2D eigenvalue weighted by Gasteiger charge is -2.34. The zero-order chi connectivity index (χ0) is 19.8. The lowest BCUT2D eigenvalue weighted by atomic mass is 10.0. The highest BCUT2D eigenvalue weighted by Gasteiger charge is 2.22. The van der Waals surface area contributed by atoms with Crippen LogP contribution in [0.4, 0.5) is 5.69 Å². The molecule has 0 radical (unpaired) electrons. The number of aryl methyl sites for hydroxylation is 2. The Labute approximate surface area is 165 Å². The number of pyridine rings is 1. The Balaban J connectivity index is 1.73. The molecule has 146 valence electrons. The van der Waals surface area contributed by atoms with Gasteiger partial charge in [-0.25, -0.2) is 4.98 Å². The summed E-state index contributed by atoms with van der Waals surface area (Å²) in [4.78, 5) is 20.9. The third kappa shape index (κ3) is 3.47. The highest BCUT2D eigenvalue weighted by molar-refractivity contribution is 5.73. The number of nitrogen functional groups attached to an aromatic ring is 1. The summed E-state index contributed by atoms with van der Waals surface area (Å²) in [5.41, 5.74) is 13.5. The molecule has 0 aliphatic carbocycles. The van der Waals surface area contributed by atoms with Crippen molar-refractivity contribution in [1.82, 2.24) is 19.2 Å². The highest BCUT2D eigenvalue weighted by Crippen LogP contribution is 2.29. The second-order valence-electron chi connectivity index (χ2n) is 7.70. The number of benzene rings is 1. The van der Waals surface area contributed by atoms with E-state index in [1.807, 2.05) is 23.2 Å². The van der Waals surface area contributed by atoms with E-state index in [2.05, 4.69) is 41.3 Å². The van der Waals surface area contributed by atoms with Crippen LogP contribution in [0.2, 0.25) is 0 Å². The van der Waals surface area contributed by atoms with Crippen molar-refractivity contribution >= 4 is 17.2 Å². The summed E-state index contributed by atoms with van der Waals surface area (Å²) < 4.78 is 2.11. The lowest BCUT2D eigenvalue weighted by Crippen LogP contribution is -2.47. The number of hydrogen-bond donors (Lipinski definition) is 1. The molecule has 3 heterocycles. The van der Waals surface area contributed by atoms with Crippen LogP contribution in [0.5, 0.6) is 0 Å². The van der Waals surface area contributed by atoms with Crippen molar-refractivity contribution < 1.29 is 4.79 Å². The van der Waals surface area contributed by atoms with Gasteiger partial charge in [0, 0.05) is 57.1 Å². The molecule has 6 nitrogen and oxygen atoms in total. The number of hydrogen-bond acceptors (Lipinski definition) is 4. The fraction of sp³-hybridized carbons (Fsp3) is 0.364. The molecule has 0 unspecified atom stereocenters. The van der Waals surface area contributed by atoms with Crippen LogP contribution in [-0.4, -0.2) is 51.3 Å². The minimum atomic E-state index is 0.151. The van der Waals surface area contributed by atoms with Gasteiger partial charge in [0.15, 0.2) is 0 Å². The monoisotopic (exact) mass is 377 g/mol. The van der Waals surface area contributed by atoms with Gasteiger partial charge in [-0.1, -0.05) is 23.8 Å². The Kier molecular flexibility index (Phi) is 4.81. The predicted molar refractivity (Wildman–Crippen MR) is 112 cm³/mol. The van der Waals surface area contributed by atoms with Crippen LogP contribution < -0.4 is 5.73 Å². The summed E-state index contributed by atoms with van der Waals surface area (Å²) in [6.45, 7) is 9.93. The van der Waals surface area contributed by atoms with Crippen molar-refractivity contribution in [1.29, 1.82) is 0 Å². The second kappa shape index (κ2) is 7.28. The molecular formula is C22H27N5O. The molecular weight excluding hydrogens is 350 g/mol. The Morgan fingerprint density at radius 2 is 1.86 bits per heavy atom. The van der Waals surface area contributed by atoms with Gasteiger partial charge in [-0.2, -0.15) is 0 Å². The predicted octanol–water partition coefficient (Wildman–Crippen LogP) is 2.86. The first-order valence-electron chi connectivity index (χ1n) is 9.74. The molecule has 4 rings (SSSR count). The molecule has 1 aliphatic rings. The summed E-state index contributed by atoms with van der Waals surface area (Å²) >= 11 is 0. The fourth-order valence-electron chi connectivity index (χ4n) is 3.99. The molecule has 1 fully saturated rings. The number of carbonyl (C=O) groups is 1. The van der Waals surface area contributed by atoms with Gasteiger partial charge in [0.2, 0.25) is 5.91 Å². The second-order valence-corrected chi connectivity index (χ2v) is 7.70.